The van der Waals surface area contributed by atoms with Crippen LogP contribution in [0.15, 0.2) is 11.4 Å². The van der Waals surface area contributed by atoms with Crippen molar-refractivity contribution in [2.24, 2.45) is 0 Å². The standard InChI is InChI=1S/C17H24N2O5S/c1-17(11-24-2,9-16(22)23)18-14(20)3-4-15(21)19-7-5-13-12(10-19)6-8-25-13/h6,8H,3-5,7,9-11H2,1-2H3,(H,18,20)(H,22,23). The van der Waals surface area contributed by atoms with Crippen molar-refractivity contribution in [2.75, 3.05) is 20.3 Å². The van der Waals surface area contributed by atoms with Gasteiger partial charge < -0.3 is 20.1 Å². The molecule has 1 aromatic heterocycles. The van der Waals surface area contributed by atoms with Gasteiger partial charge in [-0.3, -0.25) is 14.4 Å². The van der Waals surface area contributed by atoms with Crippen molar-refractivity contribution in [3.05, 3.63) is 21.9 Å². The van der Waals surface area contributed by atoms with Gasteiger partial charge in [-0.2, -0.15) is 0 Å². The van der Waals surface area contributed by atoms with Crippen LogP contribution in [0, 0.1) is 0 Å². The quantitative estimate of drug-likeness (QED) is 0.723. The number of hydrogen-bond donors (Lipinski definition) is 2. The maximum Gasteiger partial charge on any atom is 0.305 e. The molecule has 0 saturated heterocycles. The van der Waals surface area contributed by atoms with Crippen molar-refractivity contribution >= 4 is 29.1 Å². The van der Waals surface area contributed by atoms with E-state index in [4.69, 9.17) is 9.84 Å². The third-order valence-electron chi connectivity index (χ3n) is 4.17. The summed E-state index contributed by atoms with van der Waals surface area (Å²) in [5.41, 5.74) is 0.195. The second-order valence-corrected chi connectivity index (χ2v) is 7.55. The van der Waals surface area contributed by atoms with Crippen LogP contribution in [0.1, 0.15) is 36.6 Å². The molecule has 7 nitrogen and oxygen atoms in total. The van der Waals surface area contributed by atoms with E-state index in [0.717, 1.165) is 6.42 Å². The molecule has 0 saturated carbocycles. The molecule has 1 aliphatic rings. The maximum absolute atomic E-state index is 12.3. The zero-order valence-electron chi connectivity index (χ0n) is 14.5. The molecule has 1 aliphatic heterocycles. The minimum atomic E-state index is -1.02. The fourth-order valence-corrected chi connectivity index (χ4v) is 3.91. The molecule has 2 amide bonds. The topological polar surface area (TPSA) is 95.9 Å². The third kappa shape index (κ3) is 5.54. The van der Waals surface area contributed by atoms with Crippen molar-refractivity contribution in [3.63, 3.8) is 0 Å². The number of thiophene rings is 1. The summed E-state index contributed by atoms with van der Waals surface area (Å²) < 4.78 is 5.00. The first-order valence-corrected chi connectivity index (χ1v) is 9.06. The Morgan fingerprint density at radius 2 is 2.16 bits per heavy atom. The van der Waals surface area contributed by atoms with Gasteiger partial charge in [0.1, 0.15) is 0 Å². The zero-order chi connectivity index (χ0) is 18.4. The van der Waals surface area contributed by atoms with Crippen LogP contribution >= 0.6 is 11.3 Å². The number of carbonyl (C=O) groups is 3. The molecule has 1 unspecified atom stereocenters. The minimum absolute atomic E-state index is 0.0325. The summed E-state index contributed by atoms with van der Waals surface area (Å²) in [6, 6.07) is 2.04. The van der Waals surface area contributed by atoms with E-state index >= 15 is 0 Å². The molecule has 25 heavy (non-hydrogen) atoms. The second-order valence-electron chi connectivity index (χ2n) is 6.55. The number of ether oxygens (including phenoxy) is 1. The highest BCUT2D eigenvalue weighted by Crippen LogP contribution is 2.24. The lowest BCUT2D eigenvalue weighted by atomic mass is 9.98. The van der Waals surface area contributed by atoms with Gasteiger partial charge in [-0.05, 0) is 30.4 Å². The Balaban J connectivity index is 1.82. The molecule has 0 aliphatic carbocycles. The molecule has 0 spiro atoms. The Hall–Kier alpha value is -1.93. The fourth-order valence-electron chi connectivity index (χ4n) is 3.02. The SMILES string of the molecule is COCC(C)(CC(=O)O)NC(=O)CCC(=O)N1CCc2sccc2C1. The predicted molar refractivity (Wildman–Crippen MR) is 93.4 cm³/mol. The summed E-state index contributed by atoms with van der Waals surface area (Å²) in [4.78, 5) is 38.5. The van der Waals surface area contributed by atoms with Crippen LogP contribution in [0.4, 0.5) is 0 Å². The Morgan fingerprint density at radius 3 is 2.84 bits per heavy atom. The van der Waals surface area contributed by atoms with Crippen molar-refractivity contribution in [2.45, 2.75) is 44.7 Å². The molecular weight excluding hydrogens is 344 g/mol. The molecule has 0 aromatic carbocycles. The minimum Gasteiger partial charge on any atom is -0.481 e. The molecular formula is C17H24N2O5S. The van der Waals surface area contributed by atoms with Crippen LogP contribution in [0.5, 0.6) is 0 Å². The van der Waals surface area contributed by atoms with Crippen molar-refractivity contribution in [3.8, 4) is 0 Å². The van der Waals surface area contributed by atoms with Gasteiger partial charge in [0.25, 0.3) is 0 Å². The number of nitrogens with one attached hydrogen (secondary N) is 1. The van der Waals surface area contributed by atoms with Gasteiger partial charge in [-0.15, -0.1) is 11.3 Å². The predicted octanol–water partition coefficient (Wildman–Crippen LogP) is 1.41. The van der Waals surface area contributed by atoms with Crippen LogP contribution in [-0.2, 0) is 32.1 Å². The molecule has 0 fully saturated rings. The van der Waals surface area contributed by atoms with Gasteiger partial charge in [0, 0.05) is 37.9 Å². The van der Waals surface area contributed by atoms with E-state index in [0.29, 0.717) is 13.1 Å². The van der Waals surface area contributed by atoms with Gasteiger partial charge in [0.2, 0.25) is 11.8 Å². The number of fused-ring (bicyclic) bond motifs is 1. The molecule has 1 aromatic rings. The Morgan fingerprint density at radius 1 is 1.40 bits per heavy atom. The number of hydrogen-bond acceptors (Lipinski definition) is 5. The smallest absolute Gasteiger partial charge is 0.305 e. The summed E-state index contributed by atoms with van der Waals surface area (Å²) in [5, 5.41) is 13.7. The van der Waals surface area contributed by atoms with E-state index in [2.05, 4.69) is 5.32 Å². The number of nitrogens with zero attached hydrogens (tertiary/aromatic N) is 1. The highest BCUT2D eigenvalue weighted by Gasteiger charge is 2.30. The highest BCUT2D eigenvalue weighted by molar-refractivity contribution is 7.10. The number of methoxy groups -OCH3 is 1. The lowest BCUT2D eigenvalue weighted by Gasteiger charge is -2.29. The van der Waals surface area contributed by atoms with E-state index < -0.39 is 11.5 Å². The first kappa shape index (κ1) is 19.4. The average molecular weight is 368 g/mol. The van der Waals surface area contributed by atoms with Crippen molar-refractivity contribution in [1.82, 2.24) is 10.2 Å². The van der Waals surface area contributed by atoms with Crippen molar-refractivity contribution < 1.29 is 24.2 Å². The summed E-state index contributed by atoms with van der Waals surface area (Å²) in [7, 11) is 1.45. The number of aliphatic carboxylic acids is 1. The third-order valence-corrected chi connectivity index (χ3v) is 5.19. The van der Waals surface area contributed by atoms with E-state index in [1.165, 1.54) is 17.6 Å². The molecule has 2 rings (SSSR count). The van der Waals surface area contributed by atoms with Gasteiger partial charge in [-0.25, -0.2) is 0 Å². The van der Waals surface area contributed by atoms with E-state index in [1.807, 2.05) is 11.4 Å². The largest absolute Gasteiger partial charge is 0.481 e. The monoisotopic (exact) mass is 368 g/mol. The van der Waals surface area contributed by atoms with Crippen molar-refractivity contribution in [1.29, 1.82) is 0 Å². The lowest BCUT2D eigenvalue weighted by Crippen LogP contribution is -2.51. The summed E-state index contributed by atoms with van der Waals surface area (Å²) in [5.74, 6) is -1.42. The zero-order valence-corrected chi connectivity index (χ0v) is 15.4. The van der Waals surface area contributed by atoms with Crippen LogP contribution in [0.2, 0.25) is 0 Å². The van der Waals surface area contributed by atoms with Gasteiger partial charge in [0.15, 0.2) is 0 Å². The Bertz CT molecular complexity index is 645. The van der Waals surface area contributed by atoms with Crippen LogP contribution in [0.3, 0.4) is 0 Å². The van der Waals surface area contributed by atoms with E-state index in [1.54, 1.807) is 23.2 Å². The normalized spacial score (nSPS) is 16.0. The number of carboxylic acids is 1. The summed E-state index contributed by atoms with van der Waals surface area (Å²) in [6.45, 7) is 2.98. The molecule has 2 N–H and O–H groups in total. The molecule has 138 valence electrons. The van der Waals surface area contributed by atoms with Gasteiger partial charge in [0.05, 0.1) is 18.6 Å². The average Bonchev–Trinajstić information content (AvgIpc) is 2.99. The second kappa shape index (κ2) is 8.44. The first-order valence-electron chi connectivity index (χ1n) is 8.18. The highest BCUT2D eigenvalue weighted by atomic mass is 32.1. The lowest BCUT2D eigenvalue weighted by molar-refractivity contribution is -0.140. The Labute approximate surface area is 151 Å². The van der Waals surface area contributed by atoms with Gasteiger partial charge in [-0.1, -0.05) is 0 Å². The molecule has 2 heterocycles. The number of amides is 2. The van der Waals surface area contributed by atoms with Gasteiger partial charge >= 0.3 is 5.97 Å². The Kier molecular flexibility index (Phi) is 6.55. The van der Waals surface area contributed by atoms with Crippen LogP contribution in [0.25, 0.3) is 0 Å². The number of rotatable bonds is 8. The number of carbonyl (C=O) groups excluding carboxylic acids is 2. The molecule has 1 atom stereocenters. The number of carboxylic acid groups (broad SMARTS) is 1. The molecule has 0 radical (unpaired) electrons. The van der Waals surface area contributed by atoms with E-state index in [-0.39, 0.29) is 37.7 Å². The molecule has 8 heteroatoms. The fraction of sp³-hybridized carbons (Fsp3) is 0.588. The van der Waals surface area contributed by atoms with Crippen LogP contribution in [-0.4, -0.2) is 53.6 Å². The first-order chi connectivity index (χ1) is 11.8. The maximum atomic E-state index is 12.3. The molecule has 0 bridgehead atoms. The van der Waals surface area contributed by atoms with Crippen LogP contribution < -0.4 is 5.32 Å². The summed E-state index contributed by atoms with van der Waals surface area (Å²) >= 11 is 1.71. The van der Waals surface area contributed by atoms with E-state index in [9.17, 15) is 14.4 Å². The summed E-state index contributed by atoms with van der Waals surface area (Å²) in [6.07, 6.45) is 0.759.